The summed E-state index contributed by atoms with van der Waals surface area (Å²) in [5.74, 6) is 0.602. The van der Waals surface area contributed by atoms with E-state index in [1.165, 1.54) is 0 Å². The molecule has 7 heteroatoms. The molecule has 0 radical (unpaired) electrons. The van der Waals surface area contributed by atoms with Crippen molar-refractivity contribution in [3.8, 4) is 5.75 Å². The second-order valence-corrected chi connectivity index (χ2v) is 8.94. The SMILES string of the molecule is CCN(Cc1ccc(OCc2ccccc2)cc1)C(=O)c1cccc(NS(C)(=O)=O)c1. The van der Waals surface area contributed by atoms with Gasteiger partial charge in [-0.3, -0.25) is 9.52 Å². The minimum Gasteiger partial charge on any atom is -0.489 e. The van der Waals surface area contributed by atoms with Gasteiger partial charge >= 0.3 is 0 Å². The van der Waals surface area contributed by atoms with E-state index in [0.29, 0.717) is 30.9 Å². The molecular weight excluding hydrogens is 412 g/mol. The van der Waals surface area contributed by atoms with Gasteiger partial charge in [0.05, 0.1) is 6.26 Å². The number of sulfonamides is 1. The smallest absolute Gasteiger partial charge is 0.254 e. The number of benzene rings is 3. The number of nitrogens with one attached hydrogen (secondary N) is 1. The van der Waals surface area contributed by atoms with Crippen LogP contribution in [0.3, 0.4) is 0 Å². The first-order chi connectivity index (χ1) is 14.8. The van der Waals surface area contributed by atoms with E-state index >= 15 is 0 Å². The lowest BCUT2D eigenvalue weighted by Crippen LogP contribution is -2.30. The lowest BCUT2D eigenvalue weighted by molar-refractivity contribution is 0.0752. The quantitative estimate of drug-likeness (QED) is 0.540. The van der Waals surface area contributed by atoms with Crippen LogP contribution in [0.4, 0.5) is 5.69 Å². The van der Waals surface area contributed by atoms with Crippen molar-refractivity contribution in [1.29, 1.82) is 0 Å². The summed E-state index contributed by atoms with van der Waals surface area (Å²) in [6, 6.07) is 24.1. The zero-order valence-corrected chi connectivity index (χ0v) is 18.4. The first kappa shape index (κ1) is 22.4. The molecule has 3 rings (SSSR count). The molecule has 6 nitrogen and oxygen atoms in total. The van der Waals surface area contributed by atoms with Gasteiger partial charge in [0.2, 0.25) is 10.0 Å². The van der Waals surface area contributed by atoms with Crippen molar-refractivity contribution in [2.45, 2.75) is 20.1 Å². The Morgan fingerprint density at radius 2 is 1.65 bits per heavy atom. The summed E-state index contributed by atoms with van der Waals surface area (Å²) in [6.45, 7) is 3.37. The highest BCUT2D eigenvalue weighted by molar-refractivity contribution is 7.92. The number of carbonyl (C=O) groups excluding carboxylic acids is 1. The number of nitrogens with zero attached hydrogens (tertiary/aromatic N) is 1. The third-order valence-electron chi connectivity index (χ3n) is 4.63. The molecule has 0 heterocycles. The third-order valence-corrected chi connectivity index (χ3v) is 5.23. The second kappa shape index (κ2) is 10.1. The Hall–Kier alpha value is -3.32. The molecule has 0 aliphatic carbocycles. The molecule has 3 aromatic rings. The van der Waals surface area contributed by atoms with Crippen molar-refractivity contribution in [3.63, 3.8) is 0 Å². The molecule has 1 N–H and O–H groups in total. The van der Waals surface area contributed by atoms with Crippen LogP contribution in [0, 0.1) is 0 Å². The lowest BCUT2D eigenvalue weighted by Gasteiger charge is -2.21. The first-order valence-corrected chi connectivity index (χ1v) is 11.9. The number of rotatable bonds is 9. The number of hydrogen-bond acceptors (Lipinski definition) is 4. The average molecular weight is 439 g/mol. The van der Waals surface area contributed by atoms with E-state index in [1.54, 1.807) is 29.2 Å². The molecular formula is C24H26N2O4S. The van der Waals surface area contributed by atoms with E-state index in [0.717, 1.165) is 23.1 Å². The number of ether oxygens (including phenoxy) is 1. The van der Waals surface area contributed by atoms with Crippen LogP contribution < -0.4 is 9.46 Å². The Kier molecular flexibility index (Phi) is 7.31. The molecule has 0 spiro atoms. The van der Waals surface area contributed by atoms with Crippen molar-refractivity contribution in [1.82, 2.24) is 4.90 Å². The summed E-state index contributed by atoms with van der Waals surface area (Å²) in [7, 11) is -3.41. The summed E-state index contributed by atoms with van der Waals surface area (Å²) < 4.78 is 31.1. The maximum absolute atomic E-state index is 12.9. The monoisotopic (exact) mass is 438 g/mol. The molecule has 0 atom stereocenters. The molecule has 0 unspecified atom stereocenters. The zero-order chi connectivity index (χ0) is 22.3. The van der Waals surface area contributed by atoms with Gasteiger partial charge in [0.25, 0.3) is 5.91 Å². The van der Waals surface area contributed by atoms with Crippen LogP contribution in [-0.2, 0) is 23.2 Å². The highest BCUT2D eigenvalue weighted by Crippen LogP contribution is 2.18. The van der Waals surface area contributed by atoms with Gasteiger partial charge < -0.3 is 9.64 Å². The Balaban J connectivity index is 1.64. The number of amides is 1. The van der Waals surface area contributed by atoms with Crippen LogP contribution in [0.25, 0.3) is 0 Å². The zero-order valence-electron chi connectivity index (χ0n) is 17.6. The maximum Gasteiger partial charge on any atom is 0.254 e. The topological polar surface area (TPSA) is 75.7 Å². The number of anilines is 1. The summed E-state index contributed by atoms with van der Waals surface area (Å²) in [4.78, 5) is 14.7. The third kappa shape index (κ3) is 6.86. The molecule has 0 saturated heterocycles. The van der Waals surface area contributed by atoms with E-state index < -0.39 is 10.0 Å². The first-order valence-electron chi connectivity index (χ1n) is 9.97. The van der Waals surface area contributed by atoms with Gasteiger partial charge in [-0.05, 0) is 48.4 Å². The minimum absolute atomic E-state index is 0.163. The van der Waals surface area contributed by atoms with Gasteiger partial charge in [-0.15, -0.1) is 0 Å². The Morgan fingerprint density at radius 3 is 2.29 bits per heavy atom. The van der Waals surface area contributed by atoms with Gasteiger partial charge in [-0.25, -0.2) is 8.42 Å². The maximum atomic E-state index is 12.9. The highest BCUT2D eigenvalue weighted by atomic mass is 32.2. The van der Waals surface area contributed by atoms with Crippen molar-refractivity contribution >= 4 is 21.6 Å². The fourth-order valence-electron chi connectivity index (χ4n) is 3.09. The largest absolute Gasteiger partial charge is 0.489 e. The van der Waals surface area contributed by atoms with Gasteiger partial charge in [-0.2, -0.15) is 0 Å². The molecule has 0 aliphatic heterocycles. The Morgan fingerprint density at radius 1 is 0.935 bits per heavy atom. The standard InChI is InChI=1S/C24H26N2O4S/c1-3-26(24(27)21-10-7-11-22(16-21)25-31(2,28)29)17-19-12-14-23(15-13-19)30-18-20-8-5-4-6-9-20/h4-16,25H,3,17-18H2,1-2H3. The summed E-state index contributed by atoms with van der Waals surface area (Å²) in [5.41, 5.74) is 2.87. The molecule has 0 fully saturated rings. The summed E-state index contributed by atoms with van der Waals surface area (Å²) in [5, 5.41) is 0. The number of carbonyl (C=O) groups is 1. The van der Waals surface area contributed by atoms with Crippen molar-refractivity contribution in [2.75, 3.05) is 17.5 Å². The van der Waals surface area contributed by atoms with Crippen LogP contribution >= 0.6 is 0 Å². The second-order valence-electron chi connectivity index (χ2n) is 7.19. The fourth-order valence-corrected chi connectivity index (χ4v) is 3.65. The lowest BCUT2D eigenvalue weighted by atomic mass is 10.1. The van der Waals surface area contributed by atoms with Gasteiger partial charge in [-0.1, -0.05) is 48.5 Å². The van der Waals surface area contributed by atoms with Gasteiger partial charge in [0.15, 0.2) is 0 Å². The molecule has 0 aliphatic rings. The van der Waals surface area contributed by atoms with Crippen LogP contribution in [-0.4, -0.2) is 32.0 Å². The van der Waals surface area contributed by atoms with Crippen LogP contribution in [0.1, 0.15) is 28.4 Å². The van der Waals surface area contributed by atoms with E-state index in [4.69, 9.17) is 4.74 Å². The number of hydrogen-bond donors (Lipinski definition) is 1. The average Bonchev–Trinajstić information content (AvgIpc) is 2.76. The molecule has 3 aromatic carbocycles. The van der Waals surface area contributed by atoms with E-state index in [-0.39, 0.29) is 5.91 Å². The van der Waals surface area contributed by atoms with Crippen LogP contribution in [0.5, 0.6) is 5.75 Å². The van der Waals surface area contributed by atoms with E-state index in [1.807, 2.05) is 61.5 Å². The minimum atomic E-state index is -3.41. The molecule has 0 saturated carbocycles. The van der Waals surface area contributed by atoms with Crippen LogP contribution in [0.15, 0.2) is 78.9 Å². The van der Waals surface area contributed by atoms with Crippen molar-refractivity contribution in [3.05, 3.63) is 95.6 Å². The molecule has 0 aromatic heterocycles. The van der Waals surface area contributed by atoms with E-state index in [9.17, 15) is 13.2 Å². The predicted molar refractivity (Wildman–Crippen MR) is 123 cm³/mol. The molecule has 31 heavy (non-hydrogen) atoms. The van der Waals surface area contributed by atoms with Crippen LogP contribution in [0.2, 0.25) is 0 Å². The highest BCUT2D eigenvalue weighted by Gasteiger charge is 2.16. The Bertz CT molecular complexity index is 1110. The van der Waals surface area contributed by atoms with E-state index in [2.05, 4.69) is 4.72 Å². The summed E-state index contributed by atoms with van der Waals surface area (Å²) >= 11 is 0. The summed E-state index contributed by atoms with van der Waals surface area (Å²) in [6.07, 6.45) is 1.08. The van der Waals surface area contributed by atoms with Gasteiger partial charge in [0.1, 0.15) is 12.4 Å². The molecule has 0 bridgehead atoms. The predicted octanol–water partition coefficient (Wildman–Crippen LogP) is 4.30. The van der Waals surface area contributed by atoms with Crippen molar-refractivity contribution in [2.24, 2.45) is 0 Å². The molecule has 1 amide bonds. The fraction of sp³-hybridized carbons (Fsp3) is 0.208. The van der Waals surface area contributed by atoms with Crippen molar-refractivity contribution < 1.29 is 17.9 Å². The van der Waals surface area contributed by atoms with Gasteiger partial charge in [0, 0.05) is 24.3 Å². The molecule has 162 valence electrons. The normalized spacial score (nSPS) is 11.0. The Labute approximate surface area is 183 Å².